The Morgan fingerprint density at radius 2 is 1.95 bits per heavy atom. The fraction of sp³-hybridized carbons (Fsp3) is 0.625. The van der Waals surface area contributed by atoms with Gasteiger partial charge in [0.25, 0.3) is 0 Å². The van der Waals surface area contributed by atoms with Crippen molar-refractivity contribution in [3.63, 3.8) is 0 Å². The summed E-state index contributed by atoms with van der Waals surface area (Å²) in [5, 5.41) is 3.41. The third kappa shape index (κ3) is 5.45. The molecule has 0 bridgehead atoms. The average molecular weight is 281 g/mol. The molecule has 1 rings (SSSR count). The van der Waals surface area contributed by atoms with Gasteiger partial charge >= 0.3 is 0 Å². The number of thioether (sulfide) groups is 1. The van der Waals surface area contributed by atoms with Gasteiger partial charge in [0.15, 0.2) is 0 Å². The summed E-state index contributed by atoms with van der Waals surface area (Å²) in [6.07, 6.45) is 1.26. The van der Waals surface area contributed by atoms with Gasteiger partial charge in [0.1, 0.15) is 5.75 Å². The monoisotopic (exact) mass is 281 g/mol. The van der Waals surface area contributed by atoms with Gasteiger partial charge < -0.3 is 10.1 Å². The molecule has 0 saturated heterocycles. The third-order valence-electron chi connectivity index (χ3n) is 3.33. The van der Waals surface area contributed by atoms with Gasteiger partial charge in [-0.3, -0.25) is 0 Å². The summed E-state index contributed by atoms with van der Waals surface area (Å²) in [6, 6.07) is 8.70. The van der Waals surface area contributed by atoms with Gasteiger partial charge in [-0.1, -0.05) is 38.5 Å². The van der Waals surface area contributed by atoms with Crippen LogP contribution in [-0.4, -0.2) is 25.2 Å². The summed E-state index contributed by atoms with van der Waals surface area (Å²) >= 11 is 2.02. The van der Waals surface area contributed by atoms with E-state index in [9.17, 15) is 0 Å². The summed E-state index contributed by atoms with van der Waals surface area (Å²) in [5.74, 6) is 4.12. The Morgan fingerprint density at radius 3 is 2.58 bits per heavy atom. The van der Waals surface area contributed by atoms with Crippen molar-refractivity contribution in [3.8, 4) is 5.75 Å². The average Bonchev–Trinajstić information content (AvgIpc) is 2.44. The summed E-state index contributed by atoms with van der Waals surface area (Å²) in [4.78, 5) is 0. The van der Waals surface area contributed by atoms with Crippen LogP contribution < -0.4 is 10.1 Å². The van der Waals surface area contributed by atoms with E-state index in [-0.39, 0.29) is 0 Å². The summed E-state index contributed by atoms with van der Waals surface area (Å²) in [7, 11) is 2.03. The van der Waals surface area contributed by atoms with Crippen LogP contribution in [0.15, 0.2) is 24.3 Å². The minimum atomic E-state index is 0.358. The van der Waals surface area contributed by atoms with Gasteiger partial charge in [0.05, 0.1) is 6.61 Å². The first-order chi connectivity index (χ1) is 9.22. The first-order valence-electron chi connectivity index (χ1n) is 7.19. The maximum Gasteiger partial charge on any atom is 0.124 e. The van der Waals surface area contributed by atoms with Crippen molar-refractivity contribution < 1.29 is 4.74 Å². The van der Waals surface area contributed by atoms with Crippen LogP contribution in [0.2, 0.25) is 0 Å². The molecule has 0 spiro atoms. The number of hydrogen-bond acceptors (Lipinski definition) is 3. The van der Waals surface area contributed by atoms with Crippen LogP contribution in [-0.2, 0) is 0 Å². The van der Waals surface area contributed by atoms with Crippen molar-refractivity contribution in [3.05, 3.63) is 29.8 Å². The van der Waals surface area contributed by atoms with Crippen molar-refractivity contribution in [2.45, 2.75) is 33.2 Å². The number of rotatable bonds is 9. The smallest absolute Gasteiger partial charge is 0.124 e. The number of ether oxygens (including phenoxy) is 1. The highest BCUT2D eigenvalue weighted by Gasteiger charge is 2.14. The number of hydrogen-bond donors (Lipinski definition) is 1. The predicted molar refractivity (Wildman–Crippen MR) is 86.2 cm³/mol. The zero-order valence-electron chi connectivity index (χ0n) is 12.6. The molecule has 2 atom stereocenters. The van der Waals surface area contributed by atoms with Crippen LogP contribution in [0.4, 0.5) is 0 Å². The lowest BCUT2D eigenvalue weighted by molar-refractivity contribution is 0.333. The second-order valence-corrected chi connectivity index (χ2v) is 5.94. The van der Waals surface area contributed by atoms with Crippen molar-refractivity contribution in [2.24, 2.45) is 5.92 Å². The van der Waals surface area contributed by atoms with Crippen LogP contribution >= 0.6 is 11.8 Å². The van der Waals surface area contributed by atoms with Crippen LogP contribution in [0.3, 0.4) is 0 Å². The molecule has 0 radical (unpaired) electrons. The van der Waals surface area contributed by atoms with Gasteiger partial charge in [-0.2, -0.15) is 11.8 Å². The molecule has 1 N–H and O–H groups in total. The summed E-state index contributed by atoms with van der Waals surface area (Å²) < 4.78 is 5.72. The highest BCUT2D eigenvalue weighted by molar-refractivity contribution is 7.99. The standard InChI is InChI=1S/C16H27NOS/c1-5-13(3)11-19-12-15(17-4)14-9-7-8-10-16(14)18-6-2/h7-10,13,15,17H,5-6,11-12H2,1-4H3. The molecule has 0 saturated carbocycles. The highest BCUT2D eigenvalue weighted by atomic mass is 32.2. The van der Waals surface area contributed by atoms with Gasteiger partial charge in [0, 0.05) is 17.4 Å². The van der Waals surface area contributed by atoms with Gasteiger partial charge in [-0.25, -0.2) is 0 Å². The molecule has 0 amide bonds. The molecular weight excluding hydrogens is 254 g/mol. The second kappa shape index (κ2) is 9.27. The molecule has 3 heteroatoms. The topological polar surface area (TPSA) is 21.3 Å². The van der Waals surface area contributed by atoms with Crippen LogP contribution in [0.1, 0.15) is 38.8 Å². The first kappa shape index (κ1) is 16.4. The Bertz CT molecular complexity index is 356. The minimum absolute atomic E-state index is 0.358. The molecule has 0 heterocycles. The molecule has 1 aromatic rings. The molecule has 0 fully saturated rings. The first-order valence-corrected chi connectivity index (χ1v) is 8.35. The van der Waals surface area contributed by atoms with Crippen molar-refractivity contribution >= 4 is 11.8 Å². The summed E-state index contributed by atoms with van der Waals surface area (Å²) in [5.41, 5.74) is 1.27. The maximum atomic E-state index is 5.72. The van der Waals surface area contributed by atoms with Crippen molar-refractivity contribution in [2.75, 3.05) is 25.2 Å². The molecule has 0 aromatic heterocycles. The zero-order valence-corrected chi connectivity index (χ0v) is 13.4. The van der Waals surface area contributed by atoms with E-state index < -0.39 is 0 Å². The van der Waals surface area contributed by atoms with Crippen LogP contribution in [0.25, 0.3) is 0 Å². The van der Waals surface area contributed by atoms with E-state index in [0.29, 0.717) is 12.6 Å². The van der Waals surface area contributed by atoms with E-state index in [0.717, 1.165) is 17.4 Å². The lowest BCUT2D eigenvalue weighted by Gasteiger charge is -2.20. The molecule has 0 aliphatic carbocycles. The Morgan fingerprint density at radius 1 is 1.21 bits per heavy atom. The Hall–Kier alpha value is -0.670. The largest absolute Gasteiger partial charge is 0.494 e. The van der Waals surface area contributed by atoms with Crippen LogP contribution in [0, 0.1) is 5.92 Å². The van der Waals surface area contributed by atoms with E-state index in [4.69, 9.17) is 4.74 Å². The quantitative estimate of drug-likeness (QED) is 0.735. The third-order valence-corrected chi connectivity index (χ3v) is 4.70. The van der Waals surface area contributed by atoms with Crippen molar-refractivity contribution in [1.82, 2.24) is 5.32 Å². The zero-order chi connectivity index (χ0) is 14.1. The Kier molecular flexibility index (Phi) is 7.99. The molecular formula is C16H27NOS. The minimum Gasteiger partial charge on any atom is -0.494 e. The fourth-order valence-corrected chi connectivity index (χ4v) is 3.24. The van der Waals surface area contributed by atoms with E-state index in [1.165, 1.54) is 17.7 Å². The molecule has 0 aliphatic heterocycles. The lowest BCUT2D eigenvalue weighted by Crippen LogP contribution is -2.20. The van der Waals surface area contributed by atoms with Crippen molar-refractivity contribution in [1.29, 1.82) is 0 Å². The van der Waals surface area contributed by atoms with E-state index in [2.05, 4.69) is 37.4 Å². The van der Waals surface area contributed by atoms with E-state index in [1.807, 2.05) is 31.8 Å². The van der Waals surface area contributed by atoms with Crippen LogP contribution in [0.5, 0.6) is 5.75 Å². The molecule has 108 valence electrons. The molecule has 19 heavy (non-hydrogen) atoms. The predicted octanol–water partition coefficient (Wildman–Crippen LogP) is 4.13. The normalized spacial score (nSPS) is 14.1. The summed E-state index contributed by atoms with van der Waals surface area (Å²) in [6.45, 7) is 7.32. The Balaban J connectivity index is 2.63. The number of nitrogens with one attached hydrogen (secondary N) is 1. The van der Waals surface area contributed by atoms with E-state index >= 15 is 0 Å². The fourth-order valence-electron chi connectivity index (χ4n) is 1.89. The highest BCUT2D eigenvalue weighted by Crippen LogP contribution is 2.28. The van der Waals surface area contributed by atoms with E-state index in [1.54, 1.807) is 0 Å². The molecule has 2 unspecified atom stereocenters. The van der Waals surface area contributed by atoms with Gasteiger partial charge in [0.2, 0.25) is 0 Å². The molecule has 1 aromatic carbocycles. The number of benzene rings is 1. The second-order valence-electron chi connectivity index (χ2n) is 4.86. The SMILES string of the molecule is CCOc1ccccc1C(CSCC(C)CC)NC. The Labute approximate surface area is 122 Å². The van der Waals surface area contributed by atoms with Gasteiger partial charge in [-0.05, 0) is 31.7 Å². The lowest BCUT2D eigenvalue weighted by atomic mass is 10.1. The molecule has 2 nitrogen and oxygen atoms in total. The molecule has 0 aliphatic rings. The van der Waals surface area contributed by atoms with Gasteiger partial charge in [-0.15, -0.1) is 0 Å². The number of para-hydroxylation sites is 1. The maximum absolute atomic E-state index is 5.72.